The quantitative estimate of drug-likeness (QED) is 0.810. The maximum absolute atomic E-state index is 11.7. The van der Waals surface area contributed by atoms with Gasteiger partial charge in [0.1, 0.15) is 6.07 Å². The Morgan fingerprint density at radius 3 is 2.81 bits per heavy atom. The number of ether oxygens (including phenoxy) is 1. The van der Waals surface area contributed by atoms with Crippen LogP contribution in [0.2, 0.25) is 0 Å². The van der Waals surface area contributed by atoms with Crippen molar-refractivity contribution < 1.29 is 9.53 Å². The van der Waals surface area contributed by atoms with E-state index in [-0.39, 0.29) is 0 Å². The van der Waals surface area contributed by atoms with Gasteiger partial charge in [-0.3, -0.25) is 4.98 Å². The zero-order valence-electron chi connectivity index (χ0n) is 15.0. The first-order valence-corrected chi connectivity index (χ1v) is 9.04. The summed E-state index contributed by atoms with van der Waals surface area (Å²) in [7, 11) is 1.35. The molecule has 0 amide bonds. The Hall–Kier alpha value is -2.87. The van der Waals surface area contributed by atoms with Gasteiger partial charge in [-0.25, -0.2) is 4.79 Å². The average Bonchev–Trinajstić information content (AvgIpc) is 2.72. The van der Waals surface area contributed by atoms with Crippen LogP contribution in [0.4, 0.5) is 5.69 Å². The number of nitriles is 1. The van der Waals surface area contributed by atoms with Crippen LogP contribution in [0.5, 0.6) is 0 Å². The maximum atomic E-state index is 11.7. The fourth-order valence-electron chi connectivity index (χ4n) is 3.43. The van der Waals surface area contributed by atoms with E-state index in [1.54, 1.807) is 18.3 Å². The summed E-state index contributed by atoms with van der Waals surface area (Å²) >= 11 is 0. The molecule has 0 aliphatic heterocycles. The Morgan fingerprint density at radius 2 is 2.08 bits per heavy atom. The summed E-state index contributed by atoms with van der Waals surface area (Å²) in [4.78, 5) is 16.0. The third kappa shape index (κ3) is 4.20. The molecule has 1 aromatic carbocycles. The monoisotopic (exact) mass is 349 g/mol. The number of esters is 1. The van der Waals surface area contributed by atoms with Crippen LogP contribution in [0.3, 0.4) is 0 Å². The Labute approximate surface area is 154 Å². The van der Waals surface area contributed by atoms with E-state index in [9.17, 15) is 10.1 Å². The molecule has 0 saturated heterocycles. The molecule has 134 valence electrons. The summed E-state index contributed by atoms with van der Waals surface area (Å²) in [6, 6.07) is 11.2. The molecule has 0 atom stereocenters. The minimum absolute atomic E-state index is 0.403. The number of carbonyl (C=O) groups excluding carboxylic acids is 1. The lowest BCUT2D eigenvalue weighted by Gasteiger charge is -2.22. The van der Waals surface area contributed by atoms with Crippen LogP contribution >= 0.6 is 0 Å². The van der Waals surface area contributed by atoms with E-state index < -0.39 is 5.97 Å². The van der Waals surface area contributed by atoms with Crippen LogP contribution in [0, 0.1) is 17.2 Å². The number of rotatable bonds is 5. The highest BCUT2D eigenvalue weighted by molar-refractivity contribution is 5.90. The van der Waals surface area contributed by atoms with Crippen molar-refractivity contribution in [1.29, 1.82) is 5.26 Å². The highest BCUT2D eigenvalue weighted by Gasteiger charge is 2.14. The summed E-state index contributed by atoms with van der Waals surface area (Å²) in [5.74, 6) is 0.285. The minimum atomic E-state index is -0.403. The van der Waals surface area contributed by atoms with Gasteiger partial charge < -0.3 is 10.1 Å². The number of benzene rings is 1. The van der Waals surface area contributed by atoms with Gasteiger partial charge in [0.2, 0.25) is 0 Å². The van der Waals surface area contributed by atoms with Crippen molar-refractivity contribution in [3.8, 4) is 17.3 Å². The summed E-state index contributed by atoms with van der Waals surface area (Å²) in [6.45, 7) is 0.907. The molecule has 1 fully saturated rings. The predicted molar refractivity (Wildman–Crippen MR) is 101 cm³/mol. The second-order valence-corrected chi connectivity index (χ2v) is 6.68. The smallest absolute Gasteiger partial charge is 0.337 e. The van der Waals surface area contributed by atoms with Gasteiger partial charge >= 0.3 is 5.97 Å². The largest absolute Gasteiger partial charge is 0.465 e. The molecule has 0 radical (unpaired) electrons. The Bertz CT molecular complexity index is 820. The van der Waals surface area contributed by atoms with Crippen molar-refractivity contribution in [3.05, 3.63) is 47.7 Å². The molecular formula is C21H23N3O2. The van der Waals surface area contributed by atoms with E-state index in [0.717, 1.165) is 17.8 Å². The number of hydrogen-bond donors (Lipinski definition) is 1. The second kappa shape index (κ2) is 8.48. The van der Waals surface area contributed by atoms with Crippen LogP contribution in [0.15, 0.2) is 36.5 Å². The van der Waals surface area contributed by atoms with Crippen molar-refractivity contribution in [3.63, 3.8) is 0 Å². The fraction of sp³-hybridized carbons (Fsp3) is 0.381. The Morgan fingerprint density at radius 1 is 1.27 bits per heavy atom. The first-order valence-electron chi connectivity index (χ1n) is 9.04. The van der Waals surface area contributed by atoms with Gasteiger partial charge in [0.05, 0.1) is 29.6 Å². The van der Waals surface area contributed by atoms with Gasteiger partial charge in [-0.1, -0.05) is 25.3 Å². The van der Waals surface area contributed by atoms with Crippen LogP contribution < -0.4 is 5.32 Å². The number of hydrogen-bond acceptors (Lipinski definition) is 5. The molecule has 2 aromatic rings. The maximum Gasteiger partial charge on any atom is 0.337 e. The summed E-state index contributed by atoms with van der Waals surface area (Å²) in [5, 5.41) is 13.0. The lowest BCUT2D eigenvalue weighted by atomic mass is 9.89. The van der Waals surface area contributed by atoms with Gasteiger partial charge in [0, 0.05) is 18.3 Å². The first-order chi connectivity index (χ1) is 12.7. The van der Waals surface area contributed by atoms with Crippen LogP contribution in [0.1, 0.15) is 48.0 Å². The lowest BCUT2D eigenvalue weighted by Crippen LogP contribution is -2.17. The van der Waals surface area contributed by atoms with Crippen molar-refractivity contribution in [1.82, 2.24) is 4.98 Å². The normalized spacial score (nSPS) is 14.5. The molecule has 1 heterocycles. The molecule has 0 spiro atoms. The van der Waals surface area contributed by atoms with Gasteiger partial charge in [-0.05, 0) is 43.0 Å². The Kier molecular flexibility index (Phi) is 5.85. The summed E-state index contributed by atoms with van der Waals surface area (Å²) in [5.41, 5.74) is 3.32. The van der Waals surface area contributed by atoms with Gasteiger partial charge in [0.25, 0.3) is 0 Å². The van der Waals surface area contributed by atoms with E-state index in [4.69, 9.17) is 4.74 Å². The van der Waals surface area contributed by atoms with E-state index in [0.29, 0.717) is 22.7 Å². The number of methoxy groups -OCH3 is 1. The molecule has 26 heavy (non-hydrogen) atoms. The lowest BCUT2D eigenvalue weighted by molar-refractivity contribution is 0.0600. The molecule has 5 heteroatoms. The fourth-order valence-corrected chi connectivity index (χ4v) is 3.43. The molecule has 1 aromatic heterocycles. The van der Waals surface area contributed by atoms with Crippen molar-refractivity contribution in [2.75, 3.05) is 19.0 Å². The molecular weight excluding hydrogens is 326 g/mol. The predicted octanol–water partition coefficient (Wildman–Crippen LogP) is 4.40. The molecule has 0 bridgehead atoms. The van der Waals surface area contributed by atoms with Crippen molar-refractivity contribution in [2.24, 2.45) is 5.92 Å². The molecule has 1 aliphatic carbocycles. The Balaban J connectivity index is 1.78. The van der Waals surface area contributed by atoms with Gasteiger partial charge in [-0.2, -0.15) is 5.26 Å². The third-order valence-corrected chi connectivity index (χ3v) is 4.92. The minimum Gasteiger partial charge on any atom is -0.465 e. The van der Waals surface area contributed by atoms with E-state index in [1.807, 2.05) is 18.2 Å². The summed E-state index contributed by atoms with van der Waals surface area (Å²) in [6.07, 6.45) is 8.04. The van der Waals surface area contributed by atoms with E-state index in [1.165, 1.54) is 39.2 Å². The number of pyridine rings is 1. The molecule has 5 nitrogen and oxygen atoms in total. The summed E-state index contributed by atoms with van der Waals surface area (Å²) < 4.78 is 4.75. The van der Waals surface area contributed by atoms with Crippen LogP contribution in [0.25, 0.3) is 11.3 Å². The zero-order chi connectivity index (χ0) is 18.4. The zero-order valence-corrected chi connectivity index (χ0v) is 15.0. The molecule has 1 aliphatic rings. The second-order valence-electron chi connectivity index (χ2n) is 6.68. The van der Waals surface area contributed by atoms with Crippen LogP contribution in [-0.4, -0.2) is 24.6 Å². The average molecular weight is 349 g/mol. The number of aromatic nitrogens is 1. The highest BCUT2D eigenvalue weighted by atomic mass is 16.5. The number of carbonyl (C=O) groups is 1. The highest BCUT2D eigenvalue weighted by Crippen LogP contribution is 2.27. The topological polar surface area (TPSA) is 75.0 Å². The van der Waals surface area contributed by atoms with E-state index in [2.05, 4.69) is 16.4 Å². The molecule has 0 unspecified atom stereocenters. The SMILES string of the molecule is COC(=O)c1ccnc(-c2ccc(NCC3CCCCC3)c(C#N)c2)c1. The van der Waals surface area contributed by atoms with Gasteiger partial charge in [0.15, 0.2) is 0 Å². The van der Waals surface area contributed by atoms with Crippen LogP contribution in [-0.2, 0) is 4.74 Å². The van der Waals surface area contributed by atoms with Crippen molar-refractivity contribution in [2.45, 2.75) is 32.1 Å². The van der Waals surface area contributed by atoms with E-state index >= 15 is 0 Å². The standard InChI is InChI=1S/C21H23N3O2/c1-26-21(25)17-9-10-23-20(12-17)16-7-8-19(18(11-16)13-22)24-14-15-5-3-2-4-6-15/h7-12,15,24H,2-6,14H2,1H3. The number of anilines is 1. The molecule has 3 rings (SSSR count). The van der Waals surface area contributed by atoms with Gasteiger partial charge in [-0.15, -0.1) is 0 Å². The molecule has 1 N–H and O–H groups in total. The number of nitrogens with zero attached hydrogens (tertiary/aromatic N) is 2. The van der Waals surface area contributed by atoms with Crippen molar-refractivity contribution >= 4 is 11.7 Å². The molecule has 1 saturated carbocycles. The first kappa shape index (κ1) is 17.9. The third-order valence-electron chi connectivity index (χ3n) is 4.92. The number of nitrogens with one attached hydrogen (secondary N) is 1.